The van der Waals surface area contributed by atoms with Crippen molar-refractivity contribution in [2.75, 3.05) is 12.8 Å². The van der Waals surface area contributed by atoms with Gasteiger partial charge in [0.05, 0.1) is 16.5 Å². The summed E-state index contributed by atoms with van der Waals surface area (Å²) < 4.78 is 27.1. The van der Waals surface area contributed by atoms with Gasteiger partial charge in [0, 0.05) is 11.3 Å². The SMILES string of the molecule is CSC1(CNS(=O)(=O)c2ccc(C#N)c(C)c2)CC1. The number of rotatable bonds is 5. The van der Waals surface area contributed by atoms with Crippen molar-refractivity contribution in [1.29, 1.82) is 5.26 Å². The summed E-state index contributed by atoms with van der Waals surface area (Å²) in [6.45, 7) is 2.21. The Labute approximate surface area is 118 Å². The molecule has 0 radical (unpaired) electrons. The van der Waals surface area contributed by atoms with Crippen LogP contribution in [0.4, 0.5) is 0 Å². The van der Waals surface area contributed by atoms with Gasteiger partial charge in [-0.25, -0.2) is 13.1 Å². The molecule has 0 aliphatic heterocycles. The molecule has 2 rings (SSSR count). The van der Waals surface area contributed by atoms with Gasteiger partial charge in [0.1, 0.15) is 0 Å². The predicted molar refractivity (Wildman–Crippen MR) is 76.6 cm³/mol. The fourth-order valence-electron chi connectivity index (χ4n) is 1.83. The molecule has 0 heterocycles. The molecule has 0 aromatic heterocycles. The maximum Gasteiger partial charge on any atom is 0.240 e. The van der Waals surface area contributed by atoms with Gasteiger partial charge in [-0.15, -0.1) is 0 Å². The van der Waals surface area contributed by atoms with Crippen molar-refractivity contribution in [3.63, 3.8) is 0 Å². The molecule has 1 aromatic rings. The molecule has 0 amide bonds. The molecule has 102 valence electrons. The first-order chi connectivity index (χ1) is 8.92. The van der Waals surface area contributed by atoms with Gasteiger partial charge in [-0.3, -0.25) is 0 Å². The van der Waals surface area contributed by atoms with E-state index in [1.807, 2.05) is 12.3 Å². The Morgan fingerprint density at radius 3 is 2.63 bits per heavy atom. The monoisotopic (exact) mass is 296 g/mol. The summed E-state index contributed by atoms with van der Waals surface area (Å²) in [5.41, 5.74) is 1.18. The Hall–Kier alpha value is -1.03. The maximum atomic E-state index is 12.2. The van der Waals surface area contributed by atoms with Crippen molar-refractivity contribution in [3.05, 3.63) is 29.3 Å². The fraction of sp³-hybridized carbons (Fsp3) is 0.462. The van der Waals surface area contributed by atoms with Gasteiger partial charge in [-0.1, -0.05) is 0 Å². The number of aryl methyl sites for hydroxylation is 1. The van der Waals surface area contributed by atoms with Crippen molar-refractivity contribution in [3.8, 4) is 6.07 Å². The molecule has 1 aliphatic carbocycles. The largest absolute Gasteiger partial charge is 0.240 e. The van der Waals surface area contributed by atoms with E-state index in [1.165, 1.54) is 6.07 Å². The first-order valence-electron chi connectivity index (χ1n) is 5.98. The van der Waals surface area contributed by atoms with Crippen LogP contribution in [-0.4, -0.2) is 26.0 Å². The summed E-state index contributed by atoms with van der Waals surface area (Å²) in [5.74, 6) is 0. The Bertz CT molecular complexity index is 629. The number of hydrogen-bond donors (Lipinski definition) is 1. The van der Waals surface area contributed by atoms with E-state index in [0.29, 0.717) is 17.7 Å². The van der Waals surface area contributed by atoms with Crippen LogP contribution < -0.4 is 4.72 Å². The topological polar surface area (TPSA) is 70.0 Å². The Kier molecular flexibility index (Phi) is 3.90. The minimum absolute atomic E-state index is 0.0920. The Balaban J connectivity index is 2.16. The molecular formula is C13H16N2O2S2. The van der Waals surface area contributed by atoms with Crippen LogP contribution in [0, 0.1) is 18.3 Å². The van der Waals surface area contributed by atoms with E-state index in [-0.39, 0.29) is 9.64 Å². The van der Waals surface area contributed by atoms with Gasteiger partial charge in [0.15, 0.2) is 0 Å². The van der Waals surface area contributed by atoms with Crippen LogP contribution in [-0.2, 0) is 10.0 Å². The summed E-state index contributed by atoms with van der Waals surface area (Å²) in [7, 11) is -3.48. The first-order valence-corrected chi connectivity index (χ1v) is 8.69. The molecule has 6 heteroatoms. The highest BCUT2D eigenvalue weighted by molar-refractivity contribution is 8.00. The molecule has 1 aliphatic rings. The molecule has 1 fully saturated rings. The highest BCUT2D eigenvalue weighted by Gasteiger charge is 2.42. The minimum atomic E-state index is -3.48. The summed E-state index contributed by atoms with van der Waals surface area (Å²) in [6, 6.07) is 6.60. The van der Waals surface area contributed by atoms with E-state index in [4.69, 9.17) is 5.26 Å². The van der Waals surface area contributed by atoms with Crippen molar-refractivity contribution in [2.45, 2.75) is 29.4 Å². The number of nitriles is 1. The highest BCUT2D eigenvalue weighted by atomic mass is 32.2. The summed E-state index contributed by atoms with van der Waals surface area (Å²) >= 11 is 1.71. The normalized spacial score (nSPS) is 16.9. The molecule has 1 aromatic carbocycles. The van der Waals surface area contributed by atoms with E-state index in [2.05, 4.69) is 4.72 Å². The van der Waals surface area contributed by atoms with Gasteiger partial charge in [-0.05, 0) is 49.8 Å². The molecule has 0 unspecified atom stereocenters. The van der Waals surface area contributed by atoms with Crippen molar-refractivity contribution >= 4 is 21.8 Å². The van der Waals surface area contributed by atoms with E-state index in [1.54, 1.807) is 30.8 Å². The Morgan fingerprint density at radius 2 is 2.16 bits per heavy atom. The quantitative estimate of drug-likeness (QED) is 0.902. The fourth-order valence-corrected chi connectivity index (χ4v) is 3.86. The van der Waals surface area contributed by atoms with Crippen LogP contribution in [0.1, 0.15) is 24.0 Å². The predicted octanol–water partition coefficient (Wildman–Crippen LogP) is 2.04. The van der Waals surface area contributed by atoms with Crippen molar-refractivity contribution in [2.24, 2.45) is 0 Å². The third kappa shape index (κ3) is 3.11. The summed E-state index contributed by atoms with van der Waals surface area (Å²) in [4.78, 5) is 0.223. The van der Waals surface area contributed by atoms with Gasteiger partial charge in [-0.2, -0.15) is 17.0 Å². The third-order valence-electron chi connectivity index (χ3n) is 3.45. The Morgan fingerprint density at radius 1 is 1.47 bits per heavy atom. The van der Waals surface area contributed by atoms with E-state index in [9.17, 15) is 8.42 Å². The smallest absolute Gasteiger partial charge is 0.210 e. The standard InChI is InChI=1S/C13H16N2O2S2/c1-10-7-12(4-3-11(10)8-14)19(16,17)15-9-13(18-2)5-6-13/h3-4,7,15H,5-6,9H2,1-2H3. The maximum absolute atomic E-state index is 12.2. The van der Waals surface area contributed by atoms with Crippen molar-refractivity contribution < 1.29 is 8.42 Å². The van der Waals surface area contributed by atoms with Crippen LogP contribution in [0.25, 0.3) is 0 Å². The average Bonchev–Trinajstić information content (AvgIpc) is 3.17. The number of sulfonamides is 1. The van der Waals surface area contributed by atoms with E-state index < -0.39 is 10.0 Å². The van der Waals surface area contributed by atoms with Crippen LogP contribution in [0.2, 0.25) is 0 Å². The van der Waals surface area contributed by atoms with Gasteiger partial charge < -0.3 is 0 Å². The second-order valence-corrected chi connectivity index (χ2v) is 7.84. The second-order valence-electron chi connectivity index (χ2n) is 4.80. The van der Waals surface area contributed by atoms with Crippen LogP contribution in [0.5, 0.6) is 0 Å². The molecule has 0 atom stereocenters. The number of benzene rings is 1. The zero-order valence-corrected chi connectivity index (χ0v) is 12.6. The molecule has 1 N–H and O–H groups in total. The number of nitrogens with one attached hydrogen (secondary N) is 1. The lowest BCUT2D eigenvalue weighted by atomic mass is 10.1. The van der Waals surface area contributed by atoms with Crippen LogP contribution >= 0.6 is 11.8 Å². The molecule has 1 saturated carbocycles. The van der Waals surface area contributed by atoms with Crippen LogP contribution in [0.15, 0.2) is 23.1 Å². The summed E-state index contributed by atoms with van der Waals surface area (Å²) in [6.07, 6.45) is 4.12. The number of nitrogens with zero attached hydrogens (tertiary/aromatic N) is 1. The van der Waals surface area contributed by atoms with E-state index >= 15 is 0 Å². The first kappa shape index (κ1) is 14.4. The molecule has 0 bridgehead atoms. The lowest BCUT2D eigenvalue weighted by molar-refractivity contribution is 0.579. The van der Waals surface area contributed by atoms with Crippen LogP contribution in [0.3, 0.4) is 0 Å². The molecule has 19 heavy (non-hydrogen) atoms. The van der Waals surface area contributed by atoms with Crippen molar-refractivity contribution in [1.82, 2.24) is 4.72 Å². The number of thioether (sulfide) groups is 1. The highest BCUT2D eigenvalue weighted by Crippen LogP contribution is 2.46. The van der Waals surface area contributed by atoms with E-state index in [0.717, 1.165) is 12.8 Å². The van der Waals surface area contributed by atoms with Gasteiger partial charge in [0.2, 0.25) is 10.0 Å². The molecule has 0 spiro atoms. The second kappa shape index (κ2) is 5.16. The lowest BCUT2D eigenvalue weighted by Crippen LogP contribution is -2.31. The third-order valence-corrected chi connectivity index (χ3v) is 6.27. The lowest BCUT2D eigenvalue weighted by Gasteiger charge is -2.13. The zero-order chi connectivity index (χ0) is 14.1. The zero-order valence-electron chi connectivity index (χ0n) is 10.9. The average molecular weight is 296 g/mol. The van der Waals surface area contributed by atoms with Gasteiger partial charge >= 0.3 is 0 Å². The summed E-state index contributed by atoms with van der Waals surface area (Å²) in [5, 5.41) is 8.84. The molecular weight excluding hydrogens is 280 g/mol. The van der Waals surface area contributed by atoms with Gasteiger partial charge in [0.25, 0.3) is 0 Å². The molecule has 4 nitrogen and oxygen atoms in total. The number of hydrogen-bond acceptors (Lipinski definition) is 4. The molecule has 0 saturated heterocycles. The minimum Gasteiger partial charge on any atom is -0.210 e.